The zero-order chi connectivity index (χ0) is 13.3. The molecule has 0 atom stereocenters. The molecule has 0 radical (unpaired) electrons. The first-order chi connectivity index (χ1) is 8.50. The fourth-order valence-electron chi connectivity index (χ4n) is 1.55. The minimum absolute atomic E-state index is 0.0396. The number of hydrogen-bond acceptors (Lipinski definition) is 2. The number of rotatable bonds is 2. The maximum atomic E-state index is 13.6. The van der Waals surface area contributed by atoms with Crippen molar-refractivity contribution in [1.82, 2.24) is 0 Å². The van der Waals surface area contributed by atoms with E-state index in [2.05, 4.69) is 0 Å². The van der Waals surface area contributed by atoms with Crippen LogP contribution in [0.4, 0.5) is 8.78 Å². The third-order valence-corrected chi connectivity index (χ3v) is 2.50. The van der Waals surface area contributed by atoms with Crippen LogP contribution < -0.4 is 0 Å². The van der Waals surface area contributed by atoms with Crippen molar-refractivity contribution in [3.63, 3.8) is 0 Å². The number of aromatic hydroxyl groups is 1. The van der Waals surface area contributed by atoms with Crippen molar-refractivity contribution in [3.8, 4) is 16.9 Å². The molecule has 0 bridgehead atoms. The average molecular weight is 250 g/mol. The van der Waals surface area contributed by atoms with E-state index in [9.17, 15) is 13.6 Å². The summed E-state index contributed by atoms with van der Waals surface area (Å²) in [6.45, 7) is 0. The molecule has 0 amide bonds. The van der Waals surface area contributed by atoms with E-state index in [0.717, 1.165) is 6.07 Å². The van der Waals surface area contributed by atoms with Crippen LogP contribution in [0.1, 0.15) is 10.4 Å². The molecule has 0 aliphatic rings. The lowest BCUT2D eigenvalue weighted by molar-refractivity contribution is 0.0697. The maximum absolute atomic E-state index is 13.6. The van der Waals surface area contributed by atoms with Gasteiger partial charge in [-0.2, -0.15) is 4.39 Å². The predicted molar refractivity (Wildman–Crippen MR) is 60.4 cm³/mol. The largest absolute Gasteiger partial charge is 0.505 e. The topological polar surface area (TPSA) is 57.5 Å². The quantitative estimate of drug-likeness (QED) is 0.861. The van der Waals surface area contributed by atoms with Gasteiger partial charge in [-0.1, -0.05) is 12.1 Å². The SMILES string of the molecule is O=C(O)c1ccc(-c2ccc(O)c(F)c2F)cc1. The minimum Gasteiger partial charge on any atom is -0.505 e. The molecule has 0 heterocycles. The highest BCUT2D eigenvalue weighted by Gasteiger charge is 2.14. The van der Waals surface area contributed by atoms with Gasteiger partial charge in [0.25, 0.3) is 0 Å². The number of hydrogen-bond donors (Lipinski definition) is 2. The Hall–Kier alpha value is -2.43. The van der Waals surface area contributed by atoms with Gasteiger partial charge in [0.15, 0.2) is 11.6 Å². The second-order valence-electron chi connectivity index (χ2n) is 3.64. The number of aromatic carboxylic acids is 1. The lowest BCUT2D eigenvalue weighted by Gasteiger charge is -2.05. The monoisotopic (exact) mass is 250 g/mol. The van der Waals surface area contributed by atoms with E-state index >= 15 is 0 Å². The van der Waals surface area contributed by atoms with Crippen molar-refractivity contribution in [2.75, 3.05) is 0 Å². The van der Waals surface area contributed by atoms with Gasteiger partial charge in [0, 0.05) is 5.56 Å². The van der Waals surface area contributed by atoms with Gasteiger partial charge in [0.05, 0.1) is 5.56 Å². The molecule has 2 aromatic rings. The van der Waals surface area contributed by atoms with E-state index in [1.165, 1.54) is 30.3 Å². The summed E-state index contributed by atoms with van der Waals surface area (Å²) in [6.07, 6.45) is 0. The van der Waals surface area contributed by atoms with E-state index < -0.39 is 23.4 Å². The molecule has 0 saturated heterocycles. The molecular formula is C13H8F2O3. The molecule has 0 spiro atoms. The smallest absolute Gasteiger partial charge is 0.335 e. The predicted octanol–water partition coefficient (Wildman–Crippen LogP) is 3.04. The summed E-state index contributed by atoms with van der Waals surface area (Å²) >= 11 is 0. The van der Waals surface area contributed by atoms with Gasteiger partial charge >= 0.3 is 5.97 Å². The maximum Gasteiger partial charge on any atom is 0.335 e. The highest BCUT2D eigenvalue weighted by Crippen LogP contribution is 2.29. The molecule has 3 nitrogen and oxygen atoms in total. The number of phenols is 1. The van der Waals surface area contributed by atoms with Crippen molar-refractivity contribution in [3.05, 3.63) is 53.6 Å². The Morgan fingerprint density at radius 2 is 1.56 bits per heavy atom. The second kappa shape index (κ2) is 4.44. The van der Waals surface area contributed by atoms with Crippen LogP contribution in [0.15, 0.2) is 36.4 Å². The van der Waals surface area contributed by atoms with Crippen LogP contribution in [0.3, 0.4) is 0 Å². The fraction of sp³-hybridized carbons (Fsp3) is 0. The molecule has 0 fully saturated rings. The normalized spacial score (nSPS) is 10.3. The number of carboxylic acids is 1. The average Bonchev–Trinajstić information content (AvgIpc) is 2.36. The summed E-state index contributed by atoms with van der Waals surface area (Å²) in [7, 11) is 0. The Morgan fingerprint density at radius 3 is 2.11 bits per heavy atom. The van der Waals surface area contributed by atoms with E-state index in [-0.39, 0.29) is 11.1 Å². The highest BCUT2D eigenvalue weighted by molar-refractivity contribution is 5.88. The first-order valence-corrected chi connectivity index (χ1v) is 5.01. The van der Waals surface area contributed by atoms with Crippen LogP contribution in [-0.4, -0.2) is 16.2 Å². The summed E-state index contributed by atoms with van der Waals surface area (Å²) in [5, 5.41) is 17.7. The highest BCUT2D eigenvalue weighted by atomic mass is 19.2. The van der Waals surface area contributed by atoms with Crippen molar-refractivity contribution >= 4 is 5.97 Å². The van der Waals surface area contributed by atoms with Gasteiger partial charge in [-0.05, 0) is 29.8 Å². The second-order valence-corrected chi connectivity index (χ2v) is 3.64. The van der Waals surface area contributed by atoms with Gasteiger partial charge in [-0.15, -0.1) is 0 Å². The van der Waals surface area contributed by atoms with Gasteiger partial charge in [-0.25, -0.2) is 9.18 Å². The Kier molecular flexibility index (Phi) is 2.97. The lowest BCUT2D eigenvalue weighted by Crippen LogP contribution is -1.96. The van der Waals surface area contributed by atoms with Crippen LogP contribution in [0.2, 0.25) is 0 Å². The van der Waals surface area contributed by atoms with Gasteiger partial charge in [0.2, 0.25) is 5.82 Å². The molecule has 0 unspecified atom stereocenters. The minimum atomic E-state index is -1.32. The van der Waals surface area contributed by atoms with Crippen LogP contribution >= 0.6 is 0 Å². The molecule has 92 valence electrons. The number of halogens is 2. The van der Waals surface area contributed by atoms with Crippen LogP contribution in [-0.2, 0) is 0 Å². The van der Waals surface area contributed by atoms with Crippen molar-refractivity contribution < 1.29 is 23.8 Å². The van der Waals surface area contributed by atoms with Crippen LogP contribution in [0.25, 0.3) is 11.1 Å². The zero-order valence-corrected chi connectivity index (χ0v) is 9.02. The summed E-state index contributed by atoms with van der Waals surface area (Å²) in [5.41, 5.74) is 0.344. The molecule has 2 N–H and O–H groups in total. The summed E-state index contributed by atoms with van der Waals surface area (Å²) in [5.74, 6) is -4.36. The van der Waals surface area contributed by atoms with Crippen LogP contribution in [0.5, 0.6) is 5.75 Å². The van der Waals surface area contributed by atoms with Crippen LogP contribution in [0, 0.1) is 11.6 Å². The van der Waals surface area contributed by atoms with Gasteiger partial charge in [0.1, 0.15) is 0 Å². The Balaban J connectivity index is 2.49. The molecule has 5 heteroatoms. The van der Waals surface area contributed by atoms with Crippen molar-refractivity contribution in [2.24, 2.45) is 0 Å². The molecule has 0 aromatic heterocycles. The lowest BCUT2D eigenvalue weighted by atomic mass is 10.0. The standard InChI is InChI=1S/C13H8F2O3/c14-11-9(5-6-10(16)12(11)15)7-1-3-8(4-2-7)13(17)18/h1-6,16H,(H,17,18). The van der Waals surface area contributed by atoms with E-state index in [0.29, 0.717) is 5.56 Å². The molecule has 2 aromatic carbocycles. The summed E-state index contributed by atoms with van der Waals surface area (Å²) in [6, 6.07) is 7.60. The number of phenolic OH excluding ortho intramolecular Hbond substituents is 1. The fourth-order valence-corrected chi connectivity index (χ4v) is 1.55. The van der Waals surface area contributed by atoms with E-state index in [1.54, 1.807) is 0 Å². The Labute approximate surface area is 101 Å². The molecular weight excluding hydrogens is 242 g/mol. The number of carboxylic acid groups (broad SMARTS) is 1. The number of carbonyl (C=O) groups is 1. The van der Waals surface area contributed by atoms with Crippen molar-refractivity contribution in [1.29, 1.82) is 0 Å². The molecule has 0 saturated carbocycles. The van der Waals surface area contributed by atoms with Gasteiger partial charge < -0.3 is 10.2 Å². The third kappa shape index (κ3) is 2.02. The molecule has 2 rings (SSSR count). The van der Waals surface area contributed by atoms with E-state index in [4.69, 9.17) is 10.2 Å². The first-order valence-electron chi connectivity index (χ1n) is 5.01. The van der Waals surface area contributed by atoms with E-state index in [1.807, 2.05) is 0 Å². The summed E-state index contributed by atoms with van der Waals surface area (Å²) in [4.78, 5) is 10.6. The Morgan fingerprint density at radius 1 is 0.944 bits per heavy atom. The van der Waals surface area contributed by atoms with Crippen molar-refractivity contribution in [2.45, 2.75) is 0 Å². The molecule has 0 aliphatic carbocycles. The molecule has 18 heavy (non-hydrogen) atoms. The summed E-state index contributed by atoms with van der Waals surface area (Å²) < 4.78 is 26.7. The third-order valence-electron chi connectivity index (χ3n) is 2.50. The number of benzene rings is 2. The first kappa shape index (κ1) is 12.0. The van der Waals surface area contributed by atoms with Gasteiger partial charge in [-0.3, -0.25) is 0 Å². The molecule has 0 aliphatic heterocycles. The Bertz CT molecular complexity index is 606. The zero-order valence-electron chi connectivity index (χ0n) is 9.02.